The molecule has 0 spiro atoms. The van der Waals surface area contributed by atoms with E-state index >= 15 is 0 Å². The molecule has 8 nitrogen and oxygen atoms in total. The Bertz CT molecular complexity index is 2290. The van der Waals surface area contributed by atoms with Crippen molar-refractivity contribution in [1.82, 2.24) is 4.98 Å². The number of aromatic nitrogens is 1. The summed E-state index contributed by atoms with van der Waals surface area (Å²) in [6.07, 6.45) is 16.8. The first kappa shape index (κ1) is 41.0. The summed E-state index contributed by atoms with van der Waals surface area (Å²) in [6, 6.07) is 27.1. The van der Waals surface area contributed by atoms with Gasteiger partial charge in [0.15, 0.2) is 0 Å². The van der Waals surface area contributed by atoms with Crippen LogP contribution < -0.4 is 0 Å². The molecule has 310 valence electrons. The largest absolute Gasteiger partial charge is 0.458 e. The van der Waals surface area contributed by atoms with Gasteiger partial charge in [0.25, 0.3) is 0 Å². The molecule has 0 unspecified atom stereocenters. The summed E-state index contributed by atoms with van der Waals surface area (Å²) >= 11 is 0. The van der Waals surface area contributed by atoms with E-state index in [9.17, 15) is 14.4 Å². The third-order valence-electron chi connectivity index (χ3n) is 13.7. The number of allylic oxidation sites excluding steroid dienone is 4. The molecule has 1 heterocycles. The van der Waals surface area contributed by atoms with E-state index in [0.29, 0.717) is 47.3 Å². The Labute approximate surface area is 353 Å². The molecule has 8 rings (SSSR count). The van der Waals surface area contributed by atoms with Crippen molar-refractivity contribution >= 4 is 17.9 Å². The molecule has 0 aliphatic heterocycles. The van der Waals surface area contributed by atoms with Crippen LogP contribution in [-0.2, 0) is 19.6 Å². The van der Waals surface area contributed by atoms with Crippen molar-refractivity contribution in [2.75, 3.05) is 0 Å². The van der Waals surface area contributed by atoms with Crippen LogP contribution in [0.25, 0.3) is 0 Å². The number of esters is 3. The lowest BCUT2D eigenvalue weighted by molar-refractivity contribution is 0.00211. The molecule has 3 aromatic carbocycles. The third-order valence-corrected chi connectivity index (χ3v) is 13.7. The maximum Gasteiger partial charge on any atom is 0.338 e. The Morgan fingerprint density at radius 1 is 0.817 bits per heavy atom. The molecule has 4 aliphatic rings. The van der Waals surface area contributed by atoms with E-state index in [-0.39, 0.29) is 17.3 Å². The third kappa shape index (κ3) is 8.61. The van der Waals surface area contributed by atoms with Crippen LogP contribution in [0.2, 0.25) is 0 Å². The zero-order valence-electron chi connectivity index (χ0n) is 34.9. The number of carbonyl (C=O) groups excluding carboxylic acids is 3. The van der Waals surface area contributed by atoms with Crippen LogP contribution in [0.1, 0.15) is 114 Å². The lowest BCUT2D eigenvalue weighted by atomic mass is 9.61. The molecule has 0 saturated heterocycles. The van der Waals surface area contributed by atoms with Gasteiger partial charge in [0.1, 0.15) is 24.6 Å². The first-order valence-corrected chi connectivity index (χ1v) is 21.5. The van der Waals surface area contributed by atoms with E-state index in [1.165, 1.54) is 5.57 Å². The van der Waals surface area contributed by atoms with Gasteiger partial charge in [-0.25, -0.2) is 19.4 Å². The van der Waals surface area contributed by atoms with Gasteiger partial charge in [0, 0.05) is 12.8 Å². The Morgan fingerprint density at radius 2 is 1.43 bits per heavy atom. The number of nitrogens with zero attached hydrogens (tertiary/aromatic N) is 1. The van der Waals surface area contributed by atoms with Crippen LogP contribution in [0.3, 0.4) is 0 Å². The van der Waals surface area contributed by atoms with Crippen molar-refractivity contribution in [3.63, 3.8) is 0 Å². The van der Waals surface area contributed by atoms with E-state index in [2.05, 4.69) is 49.7 Å². The molecular weight excluding hydrogens is 751 g/mol. The predicted octanol–water partition coefficient (Wildman–Crippen LogP) is 11.3. The summed E-state index contributed by atoms with van der Waals surface area (Å²) in [7, 11) is 0. The van der Waals surface area contributed by atoms with Crippen molar-refractivity contribution < 1.29 is 33.0 Å². The van der Waals surface area contributed by atoms with Gasteiger partial charge in [0.2, 0.25) is 5.89 Å². The average molecular weight is 806 g/mol. The minimum Gasteiger partial charge on any atom is -0.458 e. The van der Waals surface area contributed by atoms with Crippen LogP contribution in [0.5, 0.6) is 0 Å². The highest BCUT2D eigenvalue weighted by Gasteiger charge is 2.56. The second kappa shape index (κ2) is 17.5. The minimum atomic E-state index is -0.636. The molecule has 4 fully saturated rings. The molecule has 4 aliphatic carbocycles. The summed E-state index contributed by atoms with van der Waals surface area (Å²) < 4.78 is 24.3. The lowest BCUT2D eigenvalue weighted by Gasteiger charge is -2.44. The summed E-state index contributed by atoms with van der Waals surface area (Å²) in [5.41, 5.74) is 4.99. The monoisotopic (exact) mass is 805 g/mol. The fraction of sp³-hybridized carbons (Fsp3) is 0.385. The average Bonchev–Trinajstić information content (AvgIpc) is 3.82. The van der Waals surface area contributed by atoms with Gasteiger partial charge < -0.3 is 18.6 Å². The van der Waals surface area contributed by atoms with Crippen LogP contribution >= 0.6 is 0 Å². The number of aryl methyl sites for hydroxylation is 1. The van der Waals surface area contributed by atoms with E-state index in [1.807, 2.05) is 61.5 Å². The van der Waals surface area contributed by atoms with Crippen molar-refractivity contribution in [2.45, 2.75) is 102 Å². The number of fused-ring (bicyclic) bond motifs is 1. The SMILES string of the molecule is C=C1/C(=C\C=C2/CCC[C@]3(C)[C@@H]([C@H](C)/C=C/[C@@H](OC(=O)c4ccccc4)C4(c5nc(C)co5)CC4)CC[C@@H]23)C[C@@H](OC(=O)c2ccccc2)C[C@@H]1OC(=O)c1ccccc1. The van der Waals surface area contributed by atoms with Gasteiger partial charge in [-0.3, -0.25) is 0 Å². The smallest absolute Gasteiger partial charge is 0.338 e. The molecule has 60 heavy (non-hydrogen) atoms. The molecule has 0 bridgehead atoms. The fourth-order valence-corrected chi connectivity index (χ4v) is 10.2. The highest BCUT2D eigenvalue weighted by Crippen LogP contribution is 2.60. The summed E-state index contributed by atoms with van der Waals surface area (Å²) in [5, 5.41) is 0. The second-order valence-electron chi connectivity index (χ2n) is 17.5. The van der Waals surface area contributed by atoms with E-state index in [0.717, 1.165) is 61.8 Å². The first-order chi connectivity index (χ1) is 29.0. The molecular formula is C52H55NO7. The number of carbonyl (C=O) groups is 3. The van der Waals surface area contributed by atoms with E-state index in [1.54, 1.807) is 42.7 Å². The fourth-order valence-electron chi connectivity index (χ4n) is 10.2. The topological polar surface area (TPSA) is 105 Å². The summed E-state index contributed by atoms with van der Waals surface area (Å²) in [6.45, 7) is 11.1. The lowest BCUT2D eigenvalue weighted by Crippen LogP contribution is -2.36. The standard InChI is InChI=1S/C52H55NO7/c1-34(22-27-46(60-49(56)40-19-12-7-13-20-40)52(29-30-52)50-53-35(2)33-57-50)43-25-26-44-37(21-14-28-51(43,44)4)23-24-41-31-42(58-47(54)38-15-8-5-9-16-38)32-45(36(41)3)59-48(55)39-17-10-6-11-18-39/h5-13,15-20,22-24,27,33-34,42-46H,3,14,21,25-26,28-32H2,1-2,4H3/b27-22+,37-23+,41-24-/t34-,42-,43-,44+,45+,46-,51-/m1/s1. The number of rotatable bonds is 12. The number of ether oxygens (including phenoxy) is 3. The van der Waals surface area contributed by atoms with Crippen molar-refractivity contribution in [2.24, 2.45) is 23.2 Å². The van der Waals surface area contributed by atoms with Gasteiger partial charge in [-0.2, -0.15) is 0 Å². The van der Waals surface area contributed by atoms with Crippen LogP contribution in [0, 0.1) is 30.1 Å². The first-order valence-electron chi connectivity index (χ1n) is 21.5. The number of hydrogen-bond acceptors (Lipinski definition) is 8. The minimum absolute atomic E-state index is 0.0879. The number of oxazole rings is 1. The molecule has 0 N–H and O–H groups in total. The van der Waals surface area contributed by atoms with Crippen LogP contribution in [0.4, 0.5) is 0 Å². The highest BCUT2D eigenvalue weighted by molar-refractivity contribution is 5.90. The van der Waals surface area contributed by atoms with Gasteiger partial charge in [-0.1, -0.05) is 98.8 Å². The number of hydrogen-bond donors (Lipinski definition) is 0. The summed E-state index contributed by atoms with van der Waals surface area (Å²) in [5.74, 6) is 0.550. The highest BCUT2D eigenvalue weighted by atomic mass is 16.6. The van der Waals surface area contributed by atoms with Gasteiger partial charge >= 0.3 is 17.9 Å². The number of benzene rings is 3. The van der Waals surface area contributed by atoms with E-state index < -0.39 is 35.7 Å². The molecule has 7 atom stereocenters. The maximum atomic E-state index is 13.4. The van der Waals surface area contributed by atoms with E-state index in [4.69, 9.17) is 18.6 Å². The molecule has 8 heteroatoms. The zero-order valence-corrected chi connectivity index (χ0v) is 34.9. The van der Waals surface area contributed by atoms with Gasteiger partial charge in [-0.05, 0) is 129 Å². The Morgan fingerprint density at radius 3 is 2.03 bits per heavy atom. The Balaban J connectivity index is 1.01. The quantitative estimate of drug-likeness (QED) is 0.0792. The maximum absolute atomic E-state index is 13.4. The van der Waals surface area contributed by atoms with Gasteiger partial charge in [0.05, 0.1) is 27.8 Å². The molecule has 4 saturated carbocycles. The molecule has 1 aromatic heterocycles. The normalized spacial score (nSPS) is 26.9. The van der Waals surface area contributed by atoms with Crippen LogP contribution in [0.15, 0.2) is 149 Å². The summed E-state index contributed by atoms with van der Waals surface area (Å²) in [4.78, 5) is 44.5. The second-order valence-corrected chi connectivity index (χ2v) is 17.5. The van der Waals surface area contributed by atoms with Crippen molar-refractivity contribution in [1.29, 1.82) is 0 Å². The van der Waals surface area contributed by atoms with Crippen molar-refractivity contribution in [3.05, 3.63) is 173 Å². The Hall–Kier alpha value is -5.76. The van der Waals surface area contributed by atoms with Crippen molar-refractivity contribution in [3.8, 4) is 0 Å². The molecule has 0 amide bonds. The Kier molecular flexibility index (Phi) is 11.9. The molecule has 4 aromatic rings. The zero-order chi connectivity index (χ0) is 41.9. The van der Waals surface area contributed by atoms with Crippen LogP contribution in [-0.4, -0.2) is 41.2 Å². The molecule has 0 radical (unpaired) electrons. The van der Waals surface area contributed by atoms with Gasteiger partial charge in [-0.15, -0.1) is 0 Å². The predicted molar refractivity (Wildman–Crippen MR) is 230 cm³/mol.